The maximum absolute atomic E-state index is 6.32. The number of hydrogen-bond donors (Lipinski definition) is 1. The molecule has 20 heavy (non-hydrogen) atoms. The molecule has 0 amide bonds. The molecule has 2 rings (SSSR count). The van der Waals surface area contributed by atoms with Gasteiger partial charge in [0.05, 0.1) is 18.4 Å². The summed E-state index contributed by atoms with van der Waals surface area (Å²) < 4.78 is 13.6. The summed E-state index contributed by atoms with van der Waals surface area (Å²) in [5.74, 6) is 0. The van der Waals surface area contributed by atoms with E-state index >= 15 is 0 Å². The lowest BCUT2D eigenvalue weighted by atomic mass is 9.94. The van der Waals surface area contributed by atoms with Gasteiger partial charge in [0.25, 0.3) is 0 Å². The summed E-state index contributed by atoms with van der Waals surface area (Å²) in [5.41, 5.74) is 7.32. The van der Waals surface area contributed by atoms with E-state index in [-0.39, 0.29) is 18.2 Å². The quantitative estimate of drug-likeness (QED) is 0.868. The zero-order valence-corrected chi connectivity index (χ0v) is 12.8. The predicted molar refractivity (Wildman–Crippen MR) is 78.4 cm³/mol. The molecule has 5 nitrogen and oxygen atoms in total. The Morgan fingerprint density at radius 3 is 2.80 bits per heavy atom. The standard InChI is InChI=1S/C15H27N3O2/c1-4-14(16)15(11-9-17-18(2)10-11)20-13-7-5-6-12(8-13)19-3/h9-10,12-15H,4-8,16H2,1-3H3. The molecule has 1 aliphatic carbocycles. The fourth-order valence-electron chi connectivity index (χ4n) is 2.87. The molecule has 1 aliphatic rings. The van der Waals surface area contributed by atoms with Crippen LogP contribution in [0.4, 0.5) is 0 Å². The number of hydrogen-bond acceptors (Lipinski definition) is 4. The van der Waals surface area contributed by atoms with Crippen LogP contribution in [0.15, 0.2) is 12.4 Å². The summed E-state index contributed by atoms with van der Waals surface area (Å²) >= 11 is 0. The molecule has 1 heterocycles. The third-order valence-electron chi connectivity index (χ3n) is 4.16. The van der Waals surface area contributed by atoms with E-state index in [1.807, 2.05) is 19.4 Å². The first-order valence-electron chi connectivity index (χ1n) is 7.56. The molecule has 0 bridgehead atoms. The largest absolute Gasteiger partial charge is 0.381 e. The molecule has 0 aliphatic heterocycles. The summed E-state index contributed by atoms with van der Waals surface area (Å²) in [6, 6.07) is 0.00196. The molecule has 1 saturated carbocycles. The average molecular weight is 281 g/mol. The minimum absolute atomic E-state index is 0.00196. The molecule has 1 aromatic heterocycles. The van der Waals surface area contributed by atoms with E-state index in [4.69, 9.17) is 15.2 Å². The molecule has 1 aromatic rings. The molecule has 1 fully saturated rings. The van der Waals surface area contributed by atoms with Gasteiger partial charge in [0, 0.05) is 32.0 Å². The van der Waals surface area contributed by atoms with Gasteiger partial charge in [-0.2, -0.15) is 5.10 Å². The minimum atomic E-state index is -0.0747. The molecule has 0 radical (unpaired) electrons. The third-order valence-corrected chi connectivity index (χ3v) is 4.16. The summed E-state index contributed by atoms with van der Waals surface area (Å²) in [6.45, 7) is 2.09. The van der Waals surface area contributed by atoms with Gasteiger partial charge < -0.3 is 15.2 Å². The van der Waals surface area contributed by atoms with Crippen molar-refractivity contribution >= 4 is 0 Å². The Kier molecular flexibility index (Phi) is 5.57. The highest BCUT2D eigenvalue weighted by molar-refractivity contribution is 5.11. The molecular formula is C15H27N3O2. The van der Waals surface area contributed by atoms with Crippen molar-refractivity contribution in [2.24, 2.45) is 12.8 Å². The van der Waals surface area contributed by atoms with Gasteiger partial charge in [-0.3, -0.25) is 4.68 Å². The average Bonchev–Trinajstić information content (AvgIpc) is 2.90. The van der Waals surface area contributed by atoms with Gasteiger partial charge in [-0.05, 0) is 32.1 Å². The van der Waals surface area contributed by atoms with Crippen LogP contribution in [-0.4, -0.2) is 35.1 Å². The number of aromatic nitrogens is 2. The van der Waals surface area contributed by atoms with Gasteiger partial charge in [0.15, 0.2) is 0 Å². The summed E-state index contributed by atoms with van der Waals surface area (Å²) in [5, 5.41) is 4.23. The number of methoxy groups -OCH3 is 1. The van der Waals surface area contributed by atoms with Crippen LogP contribution < -0.4 is 5.73 Å². The fraction of sp³-hybridized carbons (Fsp3) is 0.800. The highest BCUT2D eigenvalue weighted by Crippen LogP contribution is 2.30. The van der Waals surface area contributed by atoms with Crippen molar-refractivity contribution < 1.29 is 9.47 Å². The first-order valence-corrected chi connectivity index (χ1v) is 7.56. The Labute approximate surface area is 121 Å². The van der Waals surface area contributed by atoms with Crippen molar-refractivity contribution in [2.45, 2.75) is 63.4 Å². The second-order valence-corrected chi connectivity index (χ2v) is 5.72. The Balaban J connectivity index is 2.04. The summed E-state index contributed by atoms with van der Waals surface area (Å²) in [7, 11) is 3.70. The lowest BCUT2D eigenvalue weighted by Gasteiger charge is -2.33. The summed E-state index contributed by atoms with van der Waals surface area (Å²) in [6.07, 6.45) is 9.56. The van der Waals surface area contributed by atoms with Crippen molar-refractivity contribution in [3.05, 3.63) is 18.0 Å². The number of rotatable bonds is 6. The monoisotopic (exact) mass is 281 g/mol. The van der Waals surface area contributed by atoms with Crippen LogP contribution in [-0.2, 0) is 16.5 Å². The van der Waals surface area contributed by atoms with Crippen molar-refractivity contribution in [3.8, 4) is 0 Å². The molecule has 4 unspecified atom stereocenters. The molecule has 4 atom stereocenters. The van der Waals surface area contributed by atoms with Crippen LogP contribution in [0, 0.1) is 0 Å². The van der Waals surface area contributed by atoms with E-state index in [0.29, 0.717) is 6.10 Å². The lowest BCUT2D eigenvalue weighted by molar-refractivity contribution is -0.0745. The van der Waals surface area contributed by atoms with E-state index < -0.39 is 0 Å². The van der Waals surface area contributed by atoms with Crippen LogP contribution in [0.2, 0.25) is 0 Å². The van der Waals surface area contributed by atoms with Crippen LogP contribution in [0.3, 0.4) is 0 Å². The number of nitrogens with zero attached hydrogens (tertiary/aromatic N) is 2. The Morgan fingerprint density at radius 1 is 1.45 bits per heavy atom. The summed E-state index contributed by atoms with van der Waals surface area (Å²) in [4.78, 5) is 0. The number of nitrogens with two attached hydrogens (primary N) is 1. The maximum atomic E-state index is 6.32. The van der Waals surface area contributed by atoms with Crippen LogP contribution >= 0.6 is 0 Å². The van der Waals surface area contributed by atoms with Crippen molar-refractivity contribution in [3.63, 3.8) is 0 Å². The highest BCUT2D eigenvalue weighted by atomic mass is 16.5. The molecule has 0 saturated heterocycles. The van der Waals surface area contributed by atoms with Gasteiger partial charge in [0.1, 0.15) is 6.10 Å². The van der Waals surface area contributed by atoms with Crippen molar-refractivity contribution in [1.29, 1.82) is 0 Å². The highest BCUT2D eigenvalue weighted by Gasteiger charge is 2.28. The zero-order chi connectivity index (χ0) is 14.5. The molecule has 0 spiro atoms. The van der Waals surface area contributed by atoms with E-state index in [1.165, 1.54) is 0 Å². The Bertz CT molecular complexity index is 408. The van der Waals surface area contributed by atoms with Crippen LogP contribution in [0.5, 0.6) is 0 Å². The molecule has 5 heteroatoms. The van der Waals surface area contributed by atoms with Gasteiger partial charge in [-0.15, -0.1) is 0 Å². The lowest BCUT2D eigenvalue weighted by Crippen LogP contribution is -2.35. The minimum Gasteiger partial charge on any atom is -0.381 e. The zero-order valence-electron chi connectivity index (χ0n) is 12.8. The van der Waals surface area contributed by atoms with Crippen LogP contribution in [0.25, 0.3) is 0 Å². The van der Waals surface area contributed by atoms with E-state index in [1.54, 1.807) is 11.8 Å². The number of ether oxygens (including phenoxy) is 2. The first-order chi connectivity index (χ1) is 9.63. The van der Waals surface area contributed by atoms with Crippen molar-refractivity contribution in [1.82, 2.24) is 9.78 Å². The number of aryl methyl sites for hydroxylation is 1. The first kappa shape index (κ1) is 15.5. The molecular weight excluding hydrogens is 254 g/mol. The smallest absolute Gasteiger partial charge is 0.101 e. The van der Waals surface area contributed by atoms with E-state index in [9.17, 15) is 0 Å². The van der Waals surface area contributed by atoms with Gasteiger partial charge >= 0.3 is 0 Å². The van der Waals surface area contributed by atoms with E-state index in [2.05, 4.69) is 12.0 Å². The SMILES string of the molecule is CCC(N)C(OC1CCCC(OC)C1)c1cnn(C)c1. The van der Waals surface area contributed by atoms with Gasteiger partial charge in [-0.1, -0.05) is 6.92 Å². The van der Waals surface area contributed by atoms with Gasteiger partial charge in [0.2, 0.25) is 0 Å². The van der Waals surface area contributed by atoms with Gasteiger partial charge in [-0.25, -0.2) is 0 Å². The van der Waals surface area contributed by atoms with Crippen LogP contribution in [0.1, 0.15) is 50.7 Å². The second kappa shape index (κ2) is 7.20. The topological polar surface area (TPSA) is 62.3 Å². The Morgan fingerprint density at radius 2 is 2.20 bits per heavy atom. The molecule has 114 valence electrons. The van der Waals surface area contributed by atoms with E-state index in [0.717, 1.165) is 37.7 Å². The Hall–Kier alpha value is -0.910. The molecule has 0 aromatic carbocycles. The molecule has 2 N–H and O–H groups in total. The normalized spacial score (nSPS) is 26.4. The predicted octanol–water partition coefficient (Wildman–Crippen LogP) is 2.17. The second-order valence-electron chi connectivity index (χ2n) is 5.72. The fourth-order valence-corrected chi connectivity index (χ4v) is 2.87. The maximum Gasteiger partial charge on any atom is 0.101 e. The van der Waals surface area contributed by atoms with Crippen molar-refractivity contribution in [2.75, 3.05) is 7.11 Å². The third kappa shape index (κ3) is 3.81.